The molecule has 0 aliphatic rings. The molecule has 1 aromatic heterocycles. The SMILES string of the molecule is Cl.Clc1cnnc2ccccc12. The van der Waals surface area contributed by atoms with E-state index < -0.39 is 0 Å². The molecule has 62 valence electrons. The molecule has 0 N–H and O–H groups in total. The number of rotatable bonds is 0. The normalized spacial score (nSPS) is 9.42. The van der Waals surface area contributed by atoms with Crippen LogP contribution >= 0.6 is 24.0 Å². The monoisotopic (exact) mass is 200 g/mol. The van der Waals surface area contributed by atoms with E-state index in [0.29, 0.717) is 5.02 Å². The number of hydrogen-bond acceptors (Lipinski definition) is 2. The molecule has 0 aliphatic carbocycles. The second kappa shape index (κ2) is 3.70. The molecule has 0 spiro atoms. The van der Waals surface area contributed by atoms with Crippen LogP contribution in [0, 0.1) is 0 Å². The van der Waals surface area contributed by atoms with Crippen LogP contribution in [0.2, 0.25) is 5.02 Å². The van der Waals surface area contributed by atoms with Crippen molar-refractivity contribution in [1.29, 1.82) is 0 Å². The number of nitrogens with zero attached hydrogens (tertiary/aromatic N) is 2. The first kappa shape index (κ1) is 9.23. The van der Waals surface area contributed by atoms with Crippen LogP contribution in [0.4, 0.5) is 0 Å². The highest BCUT2D eigenvalue weighted by Crippen LogP contribution is 2.18. The molecule has 12 heavy (non-hydrogen) atoms. The van der Waals surface area contributed by atoms with E-state index in [1.165, 1.54) is 0 Å². The van der Waals surface area contributed by atoms with Gasteiger partial charge in [-0.1, -0.05) is 29.8 Å². The molecule has 1 aromatic carbocycles. The summed E-state index contributed by atoms with van der Waals surface area (Å²) in [7, 11) is 0. The van der Waals surface area contributed by atoms with Gasteiger partial charge in [0, 0.05) is 5.39 Å². The summed E-state index contributed by atoms with van der Waals surface area (Å²) in [6.07, 6.45) is 1.55. The highest BCUT2D eigenvalue weighted by molar-refractivity contribution is 6.35. The lowest BCUT2D eigenvalue weighted by Crippen LogP contribution is -1.82. The number of benzene rings is 1. The minimum absolute atomic E-state index is 0. The van der Waals surface area contributed by atoms with Crippen LogP contribution in [0.5, 0.6) is 0 Å². The molecule has 0 bridgehead atoms. The van der Waals surface area contributed by atoms with E-state index in [1.807, 2.05) is 24.3 Å². The van der Waals surface area contributed by atoms with Crippen molar-refractivity contribution >= 4 is 34.9 Å². The summed E-state index contributed by atoms with van der Waals surface area (Å²) < 4.78 is 0. The average Bonchev–Trinajstić information content (AvgIpc) is 2.06. The second-order valence-corrected chi connectivity index (χ2v) is 2.62. The summed E-state index contributed by atoms with van der Waals surface area (Å²) in [4.78, 5) is 0. The fraction of sp³-hybridized carbons (Fsp3) is 0. The van der Waals surface area contributed by atoms with E-state index in [0.717, 1.165) is 10.9 Å². The molecular formula is C8H6Cl2N2. The third-order valence-corrected chi connectivity index (χ3v) is 1.80. The summed E-state index contributed by atoms with van der Waals surface area (Å²) in [6.45, 7) is 0. The Morgan fingerprint density at radius 1 is 1.17 bits per heavy atom. The minimum atomic E-state index is 0. The van der Waals surface area contributed by atoms with Gasteiger partial charge in [-0.05, 0) is 6.07 Å². The Balaban J connectivity index is 0.000000720. The van der Waals surface area contributed by atoms with Crippen LogP contribution in [-0.4, -0.2) is 10.2 Å². The van der Waals surface area contributed by atoms with Gasteiger partial charge in [-0.15, -0.1) is 12.4 Å². The fourth-order valence-electron chi connectivity index (χ4n) is 0.974. The molecule has 0 aliphatic heterocycles. The average molecular weight is 201 g/mol. The van der Waals surface area contributed by atoms with E-state index in [-0.39, 0.29) is 12.4 Å². The van der Waals surface area contributed by atoms with Crippen LogP contribution in [-0.2, 0) is 0 Å². The Morgan fingerprint density at radius 3 is 2.67 bits per heavy atom. The van der Waals surface area contributed by atoms with E-state index in [2.05, 4.69) is 10.2 Å². The Bertz CT molecular complexity index is 384. The van der Waals surface area contributed by atoms with Crippen LogP contribution in [0.3, 0.4) is 0 Å². The summed E-state index contributed by atoms with van der Waals surface area (Å²) in [6, 6.07) is 7.64. The number of halogens is 2. The van der Waals surface area contributed by atoms with Crippen molar-refractivity contribution in [2.24, 2.45) is 0 Å². The van der Waals surface area contributed by atoms with Crippen molar-refractivity contribution in [3.8, 4) is 0 Å². The van der Waals surface area contributed by atoms with Crippen LogP contribution < -0.4 is 0 Å². The van der Waals surface area contributed by atoms with Crippen molar-refractivity contribution in [2.75, 3.05) is 0 Å². The molecule has 2 nitrogen and oxygen atoms in total. The van der Waals surface area contributed by atoms with E-state index in [1.54, 1.807) is 6.20 Å². The third-order valence-electron chi connectivity index (χ3n) is 1.50. The van der Waals surface area contributed by atoms with Gasteiger partial charge in [0.15, 0.2) is 0 Å². The van der Waals surface area contributed by atoms with E-state index >= 15 is 0 Å². The molecule has 0 saturated heterocycles. The fourth-order valence-corrected chi connectivity index (χ4v) is 1.18. The molecule has 1 heterocycles. The molecule has 0 radical (unpaired) electrons. The number of hydrogen-bond donors (Lipinski definition) is 0. The maximum Gasteiger partial charge on any atom is 0.0944 e. The summed E-state index contributed by atoms with van der Waals surface area (Å²) in [5.74, 6) is 0. The zero-order valence-corrected chi connectivity index (χ0v) is 7.64. The van der Waals surface area contributed by atoms with Gasteiger partial charge < -0.3 is 0 Å². The zero-order valence-electron chi connectivity index (χ0n) is 6.07. The quantitative estimate of drug-likeness (QED) is 0.654. The van der Waals surface area contributed by atoms with Gasteiger partial charge in [0.1, 0.15) is 0 Å². The minimum Gasteiger partial charge on any atom is -0.157 e. The van der Waals surface area contributed by atoms with Crippen LogP contribution in [0.1, 0.15) is 0 Å². The molecule has 2 aromatic rings. The molecule has 4 heteroatoms. The maximum atomic E-state index is 5.85. The lowest BCUT2D eigenvalue weighted by Gasteiger charge is -1.94. The molecule has 0 saturated carbocycles. The van der Waals surface area contributed by atoms with Gasteiger partial charge in [0.2, 0.25) is 0 Å². The summed E-state index contributed by atoms with van der Waals surface area (Å²) in [5.41, 5.74) is 0.833. The molecular weight excluding hydrogens is 195 g/mol. The van der Waals surface area contributed by atoms with Gasteiger partial charge >= 0.3 is 0 Å². The molecule has 0 unspecified atom stereocenters. The first-order valence-electron chi connectivity index (χ1n) is 3.24. The highest BCUT2D eigenvalue weighted by Gasteiger charge is 1.96. The Morgan fingerprint density at radius 2 is 1.92 bits per heavy atom. The Kier molecular flexibility index (Phi) is 2.84. The lowest BCUT2D eigenvalue weighted by atomic mass is 10.2. The van der Waals surface area contributed by atoms with Crippen molar-refractivity contribution in [1.82, 2.24) is 10.2 Å². The van der Waals surface area contributed by atoms with Gasteiger partial charge in [-0.2, -0.15) is 10.2 Å². The predicted molar refractivity (Wildman–Crippen MR) is 51.8 cm³/mol. The Hall–Kier alpha value is -0.860. The highest BCUT2D eigenvalue weighted by atomic mass is 35.5. The topological polar surface area (TPSA) is 25.8 Å². The summed E-state index contributed by atoms with van der Waals surface area (Å²) >= 11 is 5.85. The molecule has 0 atom stereocenters. The van der Waals surface area contributed by atoms with Crippen LogP contribution in [0.25, 0.3) is 10.9 Å². The van der Waals surface area contributed by atoms with E-state index in [4.69, 9.17) is 11.6 Å². The van der Waals surface area contributed by atoms with Crippen molar-refractivity contribution < 1.29 is 0 Å². The van der Waals surface area contributed by atoms with Crippen molar-refractivity contribution in [3.63, 3.8) is 0 Å². The third kappa shape index (κ3) is 1.49. The van der Waals surface area contributed by atoms with Crippen molar-refractivity contribution in [2.45, 2.75) is 0 Å². The van der Waals surface area contributed by atoms with Gasteiger partial charge in [-0.3, -0.25) is 0 Å². The number of aromatic nitrogens is 2. The number of fused-ring (bicyclic) bond motifs is 1. The Labute approximate surface area is 81.0 Å². The van der Waals surface area contributed by atoms with Gasteiger partial charge in [0.05, 0.1) is 16.7 Å². The van der Waals surface area contributed by atoms with E-state index in [9.17, 15) is 0 Å². The second-order valence-electron chi connectivity index (χ2n) is 2.21. The van der Waals surface area contributed by atoms with Crippen molar-refractivity contribution in [3.05, 3.63) is 35.5 Å². The first-order chi connectivity index (χ1) is 5.38. The van der Waals surface area contributed by atoms with Crippen LogP contribution in [0.15, 0.2) is 30.5 Å². The van der Waals surface area contributed by atoms with Gasteiger partial charge in [0.25, 0.3) is 0 Å². The smallest absolute Gasteiger partial charge is 0.0944 e. The molecule has 0 fully saturated rings. The lowest BCUT2D eigenvalue weighted by molar-refractivity contribution is 1.08. The first-order valence-corrected chi connectivity index (χ1v) is 3.61. The van der Waals surface area contributed by atoms with Gasteiger partial charge in [-0.25, -0.2) is 0 Å². The zero-order chi connectivity index (χ0) is 7.68. The largest absolute Gasteiger partial charge is 0.157 e. The summed E-state index contributed by atoms with van der Waals surface area (Å²) in [5, 5.41) is 9.24. The molecule has 0 amide bonds. The predicted octanol–water partition coefficient (Wildman–Crippen LogP) is 2.71. The standard InChI is InChI=1S/C8H5ClN2.ClH/c9-7-5-10-11-8-4-2-1-3-6(7)8;/h1-5H;1H. The molecule has 2 rings (SSSR count). The maximum absolute atomic E-state index is 5.85.